The van der Waals surface area contributed by atoms with E-state index in [0.29, 0.717) is 5.56 Å². The van der Waals surface area contributed by atoms with Gasteiger partial charge >= 0.3 is 0 Å². The Labute approximate surface area is 74.6 Å². The number of hydrogen-bond acceptors (Lipinski definition) is 2. The minimum Gasteiger partial charge on any atom is -0.319 e. The summed E-state index contributed by atoms with van der Waals surface area (Å²) in [6.07, 6.45) is -2.60. The van der Waals surface area contributed by atoms with Crippen molar-refractivity contribution in [3.63, 3.8) is 0 Å². The van der Waals surface area contributed by atoms with Crippen LogP contribution in [0.4, 0.5) is 8.78 Å². The van der Waals surface area contributed by atoms with Crippen molar-refractivity contribution < 1.29 is 8.78 Å². The molecule has 0 unspecified atom stereocenters. The molecule has 0 fully saturated rings. The third kappa shape index (κ3) is 2.23. The van der Waals surface area contributed by atoms with Gasteiger partial charge in [0, 0.05) is 0 Å². The first-order chi connectivity index (χ1) is 6.15. The standard InChI is InChI=1S/C9H8F2N2/c10-9(11)8(13)7-3-1-2-6(4-7)5-12/h1-4,8-9H,13H2/t8-/m1/s1. The van der Waals surface area contributed by atoms with Crippen LogP contribution in [-0.2, 0) is 0 Å². The molecule has 0 aliphatic heterocycles. The van der Waals surface area contributed by atoms with Crippen molar-refractivity contribution in [2.45, 2.75) is 12.5 Å². The van der Waals surface area contributed by atoms with Crippen molar-refractivity contribution in [2.75, 3.05) is 0 Å². The van der Waals surface area contributed by atoms with E-state index in [1.54, 1.807) is 6.07 Å². The lowest BCUT2D eigenvalue weighted by Crippen LogP contribution is -2.18. The fourth-order valence-corrected chi connectivity index (χ4v) is 0.961. The third-order valence-electron chi connectivity index (χ3n) is 1.67. The van der Waals surface area contributed by atoms with Gasteiger partial charge in [0.25, 0.3) is 6.43 Å². The van der Waals surface area contributed by atoms with Crippen LogP contribution >= 0.6 is 0 Å². The first-order valence-electron chi connectivity index (χ1n) is 3.69. The monoisotopic (exact) mass is 182 g/mol. The lowest BCUT2D eigenvalue weighted by Gasteiger charge is -2.10. The van der Waals surface area contributed by atoms with E-state index in [4.69, 9.17) is 11.0 Å². The quantitative estimate of drug-likeness (QED) is 0.758. The molecule has 13 heavy (non-hydrogen) atoms. The zero-order valence-electron chi connectivity index (χ0n) is 6.74. The highest BCUT2D eigenvalue weighted by molar-refractivity contribution is 5.34. The van der Waals surface area contributed by atoms with Crippen LogP contribution in [-0.4, -0.2) is 6.43 Å². The summed E-state index contributed by atoms with van der Waals surface area (Å²) in [6, 6.07) is 6.49. The van der Waals surface area contributed by atoms with Gasteiger partial charge in [-0.25, -0.2) is 8.78 Å². The molecule has 1 aromatic rings. The van der Waals surface area contributed by atoms with Crippen molar-refractivity contribution in [1.82, 2.24) is 0 Å². The number of rotatable bonds is 2. The van der Waals surface area contributed by atoms with Crippen molar-refractivity contribution in [3.05, 3.63) is 35.4 Å². The van der Waals surface area contributed by atoms with E-state index in [2.05, 4.69) is 0 Å². The molecule has 0 aliphatic carbocycles. The predicted molar refractivity (Wildman–Crippen MR) is 44.1 cm³/mol. The summed E-state index contributed by atoms with van der Waals surface area (Å²) >= 11 is 0. The Morgan fingerprint density at radius 1 is 1.38 bits per heavy atom. The summed E-state index contributed by atoms with van der Waals surface area (Å²) in [5.74, 6) is 0. The Kier molecular flexibility index (Phi) is 2.93. The molecule has 0 radical (unpaired) electrons. The summed E-state index contributed by atoms with van der Waals surface area (Å²) in [6.45, 7) is 0. The maximum Gasteiger partial charge on any atom is 0.257 e. The summed E-state index contributed by atoms with van der Waals surface area (Å²) in [7, 11) is 0. The molecule has 0 bridgehead atoms. The summed E-state index contributed by atoms with van der Waals surface area (Å²) < 4.78 is 24.3. The Bertz CT molecular complexity index is 331. The number of halogens is 2. The Morgan fingerprint density at radius 3 is 2.62 bits per heavy atom. The van der Waals surface area contributed by atoms with Gasteiger partial charge in [0.1, 0.15) is 0 Å². The van der Waals surface area contributed by atoms with Crippen LogP contribution in [0.1, 0.15) is 17.2 Å². The molecule has 1 aromatic carbocycles. The number of nitrogens with zero attached hydrogens (tertiary/aromatic N) is 1. The number of nitriles is 1. The highest BCUT2D eigenvalue weighted by Crippen LogP contribution is 2.18. The van der Waals surface area contributed by atoms with E-state index in [0.717, 1.165) is 0 Å². The summed E-state index contributed by atoms with van der Waals surface area (Å²) in [4.78, 5) is 0. The molecule has 0 aromatic heterocycles. The second kappa shape index (κ2) is 3.97. The SMILES string of the molecule is N#Cc1cccc([C@@H](N)C(F)F)c1. The average molecular weight is 182 g/mol. The van der Waals surface area contributed by atoms with Gasteiger partial charge in [0.05, 0.1) is 17.7 Å². The second-order valence-electron chi connectivity index (χ2n) is 2.60. The number of benzene rings is 1. The smallest absolute Gasteiger partial charge is 0.257 e. The van der Waals surface area contributed by atoms with Crippen LogP contribution < -0.4 is 5.73 Å². The van der Waals surface area contributed by atoms with E-state index in [-0.39, 0.29) is 5.56 Å². The number of hydrogen-bond donors (Lipinski definition) is 1. The maximum atomic E-state index is 12.1. The first-order valence-corrected chi connectivity index (χ1v) is 3.69. The predicted octanol–water partition coefficient (Wildman–Crippen LogP) is 1.82. The van der Waals surface area contributed by atoms with Crippen LogP contribution in [0, 0.1) is 11.3 Å². The van der Waals surface area contributed by atoms with Crippen molar-refractivity contribution in [2.24, 2.45) is 5.73 Å². The molecule has 2 N–H and O–H groups in total. The van der Waals surface area contributed by atoms with Gasteiger partial charge in [-0.05, 0) is 17.7 Å². The minimum absolute atomic E-state index is 0.286. The summed E-state index contributed by atoms with van der Waals surface area (Å²) in [5.41, 5.74) is 5.83. The second-order valence-corrected chi connectivity index (χ2v) is 2.60. The third-order valence-corrected chi connectivity index (χ3v) is 1.67. The molecule has 0 saturated carbocycles. The molecule has 4 heteroatoms. The normalized spacial score (nSPS) is 12.5. The van der Waals surface area contributed by atoms with Crippen molar-refractivity contribution in [1.29, 1.82) is 5.26 Å². The van der Waals surface area contributed by atoms with Gasteiger partial charge in [-0.15, -0.1) is 0 Å². The molecule has 2 nitrogen and oxygen atoms in total. The van der Waals surface area contributed by atoms with Crippen molar-refractivity contribution in [3.8, 4) is 6.07 Å². The van der Waals surface area contributed by atoms with Gasteiger partial charge in [-0.2, -0.15) is 5.26 Å². The Hall–Kier alpha value is -1.47. The zero-order valence-corrected chi connectivity index (χ0v) is 6.74. The van der Waals surface area contributed by atoms with Crippen LogP contribution in [0.2, 0.25) is 0 Å². The molecule has 68 valence electrons. The zero-order chi connectivity index (χ0) is 9.84. The topological polar surface area (TPSA) is 49.8 Å². The van der Waals surface area contributed by atoms with Gasteiger partial charge in [0.2, 0.25) is 0 Å². The molecule has 0 spiro atoms. The number of nitrogens with two attached hydrogens (primary N) is 1. The van der Waals surface area contributed by atoms with Gasteiger partial charge < -0.3 is 5.73 Å². The molecule has 1 rings (SSSR count). The molecule has 0 heterocycles. The molecular formula is C9H8F2N2. The highest BCUT2D eigenvalue weighted by Gasteiger charge is 2.17. The lowest BCUT2D eigenvalue weighted by atomic mass is 10.1. The molecule has 0 aliphatic rings. The van der Waals surface area contributed by atoms with E-state index < -0.39 is 12.5 Å². The largest absolute Gasteiger partial charge is 0.319 e. The lowest BCUT2D eigenvalue weighted by molar-refractivity contribution is 0.116. The van der Waals surface area contributed by atoms with Crippen molar-refractivity contribution >= 4 is 0 Å². The van der Waals surface area contributed by atoms with E-state index in [1.165, 1.54) is 18.2 Å². The number of alkyl halides is 2. The van der Waals surface area contributed by atoms with Crippen LogP contribution in [0.15, 0.2) is 24.3 Å². The Balaban J connectivity index is 2.96. The molecule has 0 saturated heterocycles. The van der Waals surface area contributed by atoms with E-state index in [1.807, 2.05) is 6.07 Å². The van der Waals surface area contributed by atoms with Crippen LogP contribution in [0.5, 0.6) is 0 Å². The Morgan fingerprint density at radius 2 is 2.08 bits per heavy atom. The minimum atomic E-state index is -2.60. The van der Waals surface area contributed by atoms with Crippen LogP contribution in [0.3, 0.4) is 0 Å². The van der Waals surface area contributed by atoms with E-state index in [9.17, 15) is 8.78 Å². The van der Waals surface area contributed by atoms with Gasteiger partial charge in [0.15, 0.2) is 0 Å². The van der Waals surface area contributed by atoms with E-state index >= 15 is 0 Å². The maximum absolute atomic E-state index is 12.1. The molecular weight excluding hydrogens is 174 g/mol. The van der Waals surface area contributed by atoms with Crippen LogP contribution in [0.25, 0.3) is 0 Å². The van der Waals surface area contributed by atoms with Gasteiger partial charge in [-0.1, -0.05) is 12.1 Å². The molecule has 0 amide bonds. The first kappa shape index (κ1) is 9.62. The van der Waals surface area contributed by atoms with Gasteiger partial charge in [-0.3, -0.25) is 0 Å². The summed E-state index contributed by atoms with van der Waals surface area (Å²) in [5, 5.41) is 8.50. The molecule has 1 atom stereocenters. The fourth-order valence-electron chi connectivity index (χ4n) is 0.961. The highest BCUT2D eigenvalue weighted by atomic mass is 19.3. The fraction of sp³-hybridized carbons (Fsp3) is 0.222. The average Bonchev–Trinajstić information content (AvgIpc) is 2.16.